The highest BCUT2D eigenvalue weighted by molar-refractivity contribution is 7.99. The van der Waals surface area contributed by atoms with Crippen molar-refractivity contribution in [3.8, 4) is 0 Å². The molecule has 0 fully saturated rings. The first kappa shape index (κ1) is 16.4. The Morgan fingerprint density at radius 3 is 2.24 bits per heavy atom. The van der Waals surface area contributed by atoms with Crippen molar-refractivity contribution >= 4 is 40.7 Å². The highest BCUT2D eigenvalue weighted by atomic mass is 35.5. The fourth-order valence-corrected chi connectivity index (χ4v) is 2.65. The molecule has 0 aliphatic rings. The first-order valence-electron chi connectivity index (χ1n) is 6.22. The highest BCUT2D eigenvalue weighted by Crippen LogP contribution is 2.29. The number of anilines is 1. The van der Waals surface area contributed by atoms with E-state index in [1.54, 1.807) is 30.3 Å². The number of hydrogen-bond donors (Lipinski definition) is 1. The number of nitrogens with one attached hydrogen (secondary N) is 1. The van der Waals surface area contributed by atoms with Crippen LogP contribution < -0.4 is 5.32 Å². The van der Waals surface area contributed by atoms with E-state index in [1.165, 1.54) is 0 Å². The van der Waals surface area contributed by atoms with Crippen LogP contribution in [0.3, 0.4) is 0 Å². The van der Waals surface area contributed by atoms with E-state index in [0.29, 0.717) is 26.7 Å². The van der Waals surface area contributed by atoms with E-state index in [1.807, 2.05) is 19.1 Å². The summed E-state index contributed by atoms with van der Waals surface area (Å²) < 4.78 is 24.5. The zero-order chi connectivity index (χ0) is 15.4. The van der Waals surface area contributed by atoms with Gasteiger partial charge >= 0.3 is 0 Å². The molecular weight excluding hydrogens is 335 g/mol. The van der Waals surface area contributed by atoms with E-state index < -0.39 is 5.76 Å². The number of halogens is 4. The summed E-state index contributed by atoms with van der Waals surface area (Å²) in [6.07, 6.45) is 0. The molecule has 1 N–H and O–H groups in total. The van der Waals surface area contributed by atoms with Crippen molar-refractivity contribution in [2.75, 3.05) is 5.32 Å². The van der Waals surface area contributed by atoms with Gasteiger partial charge in [-0.1, -0.05) is 41.0 Å². The molecule has 0 bridgehead atoms. The van der Waals surface area contributed by atoms with Crippen molar-refractivity contribution in [1.82, 2.24) is 0 Å². The average Bonchev–Trinajstić information content (AvgIpc) is 2.43. The van der Waals surface area contributed by atoms with Gasteiger partial charge in [0.2, 0.25) is 0 Å². The Bertz CT molecular complexity index is 605. The van der Waals surface area contributed by atoms with Gasteiger partial charge in [-0.3, -0.25) is 0 Å². The molecule has 112 valence electrons. The molecule has 0 aliphatic carbocycles. The van der Waals surface area contributed by atoms with Crippen LogP contribution in [0.2, 0.25) is 10.0 Å². The molecule has 0 saturated heterocycles. The summed E-state index contributed by atoms with van der Waals surface area (Å²) >= 11 is 12.4. The largest absolute Gasteiger partial charge is 0.379 e. The average molecular weight is 348 g/mol. The summed E-state index contributed by atoms with van der Waals surface area (Å²) in [6, 6.07) is 12.4. The molecule has 0 aliphatic heterocycles. The van der Waals surface area contributed by atoms with Crippen LogP contribution in [0.25, 0.3) is 0 Å². The third-order valence-electron chi connectivity index (χ3n) is 2.91. The van der Waals surface area contributed by atoms with Crippen LogP contribution in [0.15, 0.2) is 47.4 Å². The number of thioether (sulfide) groups is 1. The number of benzene rings is 2. The maximum absolute atomic E-state index is 12.2. The van der Waals surface area contributed by atoms with Crippen LogP contribution in [0, 0.1) is 0 Å². The first-order chi connectivity index (χ1) is 9.95. The predicted molar refractivity (Wildman–Crippen MR) is 86.8 cm³/mol. The highest BCUT2D eigenvalue weighted by Gasteiger charge is 2.09. The Kier molecular flexibility index (Phi) is 5.73. The summed E-state index contributed by atoms with van der Waals surface area (Å²) in [6.45, 7) is 1.99. The summed E-state index contributed by atoms with van der Waals surface area (Å²) in [7, 11) is 0. The van der Waals surface area contributed by atoms with Crippen molar-refractivity contribution in [1.29, 1.82) is 0 Å². The molecule has 2 aromatic rings. The van der Waals surface area contributed by atoms with Gasteiger partial charge < -0.3 is 5.32 Å². The molecule has 1 unspecified atom stereocenters. The smallest absolute Gasteiger partial charge is 0.288 e. The molecule has 0 aromatic heterocycles. The predicted octanol–water partition coefficient (Wildman–Crippen LogP) is 6.48. The van der Waals surface area contributed by atoms with E-state index in [-0.39, 0.29) is 6.04 Å². The third-order valence-corrected chi connectivity index (χ3v) is 4.37. The summed E-state index contributed by atoms with van der Waals surface area (Å²) in [5.74, 6) is -2.40. The monoisotopic (exact) mass is 347 g/mol. The maximum Gasteiger partial charge on any atom is 0.288 e. The second-order valence-electron chi connectivity index (χ2n) is 4.44. The van der Waals surface area contributed by atoms with Gasteiger partial charge in [0.15, 0.2) is 0 Å². The van der Waals surface area contributed by atoms with E-state index in [9.17, 15) is 8.78 Å². The number of rotatable bonds is 5. The Labute approximate surface area is 136 Å². The molecule has 2 rings (SSSR count). The molecule has 0 amide bonds. The Hall–Kier alpha value is -0.970. The molecule has 0 spiro atoms. The molecule has 0 heterocycles. The fourth-order valence-electron chi connectivity index (χ4n) is 1.85. The minimum absolute atomic E-state index is 0.0216. The molecule has 1 nitrogen and oxygen atoms in total. The summed E-state index contributed by atoms with van der Waals surface area (Å²) in [4.78, 5) is 0.540. The number of alkyl halides is 2. The zero-order valence-corrected chi connectivity index (χ0v) is 13.4. The quantitative estimate of drug-likeness (QED) is 0.621. The SMILES string of the molecule is CC(Nc1ccc(SC(F)F)cc1)c1ccc(Cl)c(Cl)c1. The van der Waals surface area contributed by atoms with Crippen LogP contribution in [0.1, 0.15) is 18.5 Å². The van der Waals surface area contributed by atoms with Gasteiger partial charge in [0.05, 0.1) is 10.0 Å². The Morgan fingerprint density at radius 2 is 1.67 bits per heavy atom. The topological polar surface area (TPSA) is 12.0 Å². The van der Waals surface area contributed by atoms with Gasteiger partial charge in [0.25, 0.3) is 5.76 Å². The molecule has 21 heavy (non-hydrogen) atoms. The van der Waals surface area contributed by atoms with Crippen LogP contribution in [0.4, 0.5) is 14.5 Å². The minimum atomic E-state index is -2.40. The lowest BCUT2D eigenvalue weighted by molar-refractivity contribution is 0.252. The van der Waals surface area contributed by atoms with E-state index in [4.69, 9.17) is 23.2 Å². The van der Waals surface area contributed by atoms with Crippen molar-refractivity contribution in [3.63, 3.8) is 0 Å². The lowest BCUT2D eigenvalue weighted by Gasteiger charge is -2.16. The minimum Gasteiger partial charge on any atom is -0.379 e. The Morgan fingerprint density at radius 1 is 1.00 bits per heavy atom. The normalized spacial score (nSPS) is 12.5. The van der Waals surface area contributed by atoms with E-state index >= 15 is 0 Å². The standard InChI is InChI=1S/C15H13Cl2F2NS/c1-9(10-2-7-13(16)14(17)8-10)20-11-3-5-12(6-4-11)21-15(18)19/h2-9,15,20H,1H3. The summed E-state index contributed by atoms with van der Waals surface area (Å²) in [5.41, 5.74) is 1.85. The van der Waals surface area contributed by atoms with Crippen LogP contribution in [0.5, 0.6) is 0 Å². The lowest BCUT2D eigenvalue weighted by atomic mass is 10.1. The molecule has 0 saturated carbocycles. The third kappa shape index (κ3) is 4.77. The molecular formula is C15H13Cl2F2NS. The van der Waals surface area contributed by atoms with Crippen LogP contribution >= 0.6 is 35.0 Å². The molecule has 1 atom stereocenters. The first-order valence-corrected chi connectivity index (χ1v) is 7.85. The second-order valence-corrected chi connectivity index (χ2v) is 6.32. The van der Waals surface area contributed by atoms with Gasteiger partial charge in [-0.05, 0) is 48.9 Å². The van der Waals surface area contributed by atoms with Crippen molar-refractivity contribution in [2.24, 2.45) is 0 Å². The van der Waals surface area contributed by atoms with Gasteiger partial charge in [-0.15, -0.1) is 0 Å². The number of hydrogen-bond acceptors (Lipinski definition) is 2. The maximum atomic E-state index is 12.2. The van der Waals surface area contributed by atoms with Crippen LogP contribution in [-0.2, 0) is 0 Å². The van der Waals surface area contributed by atoms with Gasteiger partial charge in [-0.25, -0.2) is 0 Å². The zero-order valence-electron chi connectivity index (χ0n) is 11.1. The molecule has 6 heteroatoms. The fraction of sp³-hybridized carbons (Fsp3) is 0.200. The van der Waals surface area contributed by atoms with Crippen molar-refractivity contribution in [3.05, 3.63) is 58.1 Å². The molecule has 2 aromatic carbocycles. The summed E-state index contributed by atoms with van der Waals surface area (Å²) in [5, 5.41) is 4.31. The van der Waals surface area contributed by atoms with Crippen molar-refractivity contribution in [2.45, 2.75) is 23.6 Å². The van der Waals surface area contributed by atoms with Crippen molar-refractivity contribution < 1.29 is 8.78 Å². The van der Waals surface area contributed by atoms with Gasteiger partial charge in [-0.2, -0.15) is 8.78 Å². The van der Waals surface area contributed by atoms with E-state index in [0.717, 1.165) is 11.3 Å². The Balaban J connectivity index is 2.04. The lowest BCUT2D eigenvalue weighted by Crippen LogP contribution is -2.06. The van der Waals surface area contributed by atoms with Gasteiger partial charge in [0, 0.05) is 16.6 Å². The second kappa shape index (κ2) is 7.34. The van der Waals surface area contributed by atoms with E-state index in [2.05, 4.69) is 5.32 Å². The molecule has 0 radical (unpaired) electrons. The van der Waals surface area contributed by atoms with Gasteiger partial charge in [0.1, 0.15) is 0 Å². The van der Waals surface area contributed by atoms with Crippen LogP contribution in [-0.4, -0.2) is 5.76 Å².